The number of piperidine rings is 1. The van der Waals surface area contributed by atoms with Gasteiger partial charge in [0.15, 0.2) is 0 Å². The molecule has 2 aliphatic rings. The molecule has 0 bridgehead atoms. The molecule has 3 aromatic rings. The van der Waals surface area contributed by atoms with E-state index >= 15 is 0 Å². The first-order valence-corrected chi connectivity index (χ1v) is 12.5. The van der Waals surface area contributed by atoms with Crippen molar-refractivity contribution in [1.29, 1.82) is 0 Å². The number of piperazine rings is 1. The van der Waals surface area contributed by atoms with Gasteiger partial charge < -0.3 is 14.7 Å². The highest BCUT2D eigenvalue weighted by atomic mass is 32.1. The third-order valence-corrected chi connectivity index (χ3v) is 8.01. The number of rotatable bonds is 3. The highest BCUT2D eigenvalue weighted by Crippen LogP contribution is 2.38. The van der Waals surface area contributed by atoms with Crippen LogP contribution in [0.15, 0.2) is 30.3 Å². The predicted octanol–water partition coefficient (Wildman–Crippen LogP) is 4.65. The van der Waals surface area contributed by atoms with Crippen molar-refractivity contribution >= 4 is 39.0 Å². The third-order valence-electron chi connectivity index (χ3n) is 6.84. The number of hydrogen-bond donors (Lipinski definition) is 0. The van der Waals surface area contributed by atoms with Crippen molar-refractivity contribution in [2.75, 3.05) is 42.5 Å². The van der Waals surface area contributed by atoms with Gasteiger partial charge in [-0.1, -0.05) is 18.2 Å². The molecule has 0 aliphatic carbocycles. The molecule has 7 heteroatoms. The Kier molecular flexibility index (Phi) is 5.76. The summed E-state index contributed by atoms with van der Waals surface area (Å²) in [4.78, 5) is 31.6. The normalized spacial score (nSPS) is 19.6. The first kappa shape index (κ1) is 21.2. The lowest BCUT2D eigenvalue weighted by molar-refractivity contribution is 0.0751. The van der Waals surface area contributed by atoms with Gasteiger partial charge in [-0.05, 0) is 57.7 Å². The summed E-state index contributed by atoms with van der Waals surface area (Å²) >= 11 is 1.53. The maximum Gasteiger partial charge on any atom is 0.264 e. The number of carbonyl (C=O) groups is 1. The molecule has 1 atom stereocenters. The number of aryl methyl sites for hydroxylation is 2. The van der Waals surface area contributed by atoms with Gasteiger partial charge in [0, 0.05) is 44.5 Å². The van der Waals surface area contributed by atoms with Gasteiger partial charge in [0.05, 0.1) is 10.3 Å². The van der Waals surface area contributed by atoms with E-state index in [4.69, 9.17) is 9.97 Å². The molecule has 2 aliphatic heterocycles. The average Bonchev–Trinajstić information content (AvgIpc) is 3.15. The van der Waals surface area contributed by atoms with Crippen molar-refractivity contribution in [1.82, 2.24) is 14.9 Å². The van der Waals surface area contributed by atoms with Gasteiger partial charge in [-0.25, -0.2) is 9.97 Å². The number of nitrogens with zero attached hydrogens (tertiary/aromatic N) is 5. The number of carbonyl (C=O) groups excluding carboxylic acids is 1. The zero-order chi connectivity index (χ0) is 22.2. The van der Waals surface area contributed by atoms with Crippen LogP contribution in [0.25, 0.3) is 10.2 Å². The molecule has 0 radical (unpaired) electrons. The molecular weight excluding hydrogens is 418 g/mol. The van der Waals surface area contributed by atoms with Crippen LogP contribution in [0.2, 0.25) is 0 Å². The summed E-state index contributed by atoms with van der Waals surface area (Å²) in [6, 6.07) is 10.9. The summed E-state index contributed by atoms with van der Waals surface area (Å²) in [7, 11) is 0. The lowest BCUT2D eigenvalue weighted by Crippen LogP contribution is -2.48. The second kappa shape index (κ2) is 8.70. The molecule has 2 fully saturated rings. The van der Waals surface area contributed by atoms with Crippen molar-refractivity contribution < 1.29 is 4.79 Å². The van der Waals surface area contributed by atoms with E-state index in [2.05, 4.69) is 47.9 Å². The minimum absolute atomic E-state index is 0.133. The Morgan fingerprint density at radius 2 is 1.75 bits per heavy atom. The summed E-state index contributed by atoms with van der Waals surface area (Å²) in [6.07, 6.45) is 3.65. The van der Waals surface area contributed by atoms with E-state index in [1.807, 2.05) is 17.9 Å². The SMILES string of the molecule is Cc1nc(N2CCCC[C@H]2C)c2c(C)c(C(=O)N3CCN(c4ccccc4)CC3)sc2n1. The van der Waals surface area contributed by atoms with Crippen LogP contribution in [0.3, 0.4) is 0 Å². The zero-order valence-corrected chi connectivity index (χ0v) is 20.0. The minimum atomic E-state index is 0.133. The fourth-order valence-corrected chi connectivity index (χ4v) is 6.19. The fraction of sp³-hybridized carbons (Fsp3) is 0.480. The monoisotopic (exact) mass is 449 g/mol. The highest BCUT2D eigenvalue weighted by Gasteiger charge is 2.29. The number of thiophene rings is 1. The molecule has 0 unspecified atom stereocenters. The first-order chi connectivity index (χ1) is 15.5. The molecular formula is C25H31N5OS. The Hall–Kier alpha value is -2.67. The maximum absolute atomic E-state index is 13.5. The Morgan fingerprint density at radius 3 is 2.47 bits per heavy atom. The van der Waals surface area contributed by atoms with Crippen molar-refractivity contribution in [3.63, 3.8) is 0 Å². The second-order valence-electron chi connectivity index (χ2n) is 8.98. The summed E-state index contributed by atoms with van der Waals surface area (Å²) < 4.78 is 0. The molecule has 0 N–H and O–H groups in total. The number of aromatic nitrogens is 2. The standard InChI is InChI=1S/C25H31N5OS/c1-17-9-7-8-12-30(17)23-21-18(2)22(32-24(21)27-19(3)26-23)25(31)29-15-13-28(14-16-29)20-10-5-4-6-11-20/h4-6,10-11,17H,7-9,12-16H2,1-3H3/t17-/m1/s1. The van der Waals surface area contributed by atoms with Gasteiger partial charge >= 0.3 is 0 Å². The molecule has 2 aromatic heterocycles. The topological polar surface area (TPSA) is 52.6 Å². The van der Waals surface area contributed by atoms with E-state index in [0.29, 0.717) is 6.04 Å². The number of anilines is 2. The van der Waals surface area contributed by atoms with E-state index in [-0.39, 0.29) is 5.91 Å². The molecule has 32 heavy (non-hydrogen) atoms. The smallest absolute Gasteiger partial charge is 0.264 e. The number of para-hydroxylation sites is 1. The number of fused-ring (bicyclic) bond motifs is 1. The van der Waals surface area contributed by atoms with Crippen LogP contribution in [0.1, 0.15) is 47.2 Å². The van der Waals surface area contributed by atoms with E-state index in [1.54, 1.807) is 0 Å². The summed E-state index contributed by atoms with van der Waals surface area (Å²) in [5, 5.41) is 1.07. The van der Waals surface area contributed by atoms with Gasteiger partial charge in [-0.15, -0.1) is 11.3 Å². The molecule has 4 heterocycles. The summed E-state index contributed by atoms with van der Waals surface area (Å²) in [6.45, 7) is 10.5. The van der Waals surface area contributed by atoms with Crippen molar-refractivity contribution in [3.05, 3.63) is 46.6 Å². The molecule has 6 nitrogen and oxygen atoms in total. The van der Waals surface area contributed by atoms with E-state index < -0.39 is 0 Å². The number of benzene rings is 1. The van der Waals surface area contributed by atoms with Crippen LogP contribution in [0.5, 0.6) is 0 Å². The van der Waals surface area contributed by atoms with Crippen LogP contribution >= 0.6 is 11.3 Å². The van der Waals surface area contributed by atoms with Crippen LogP contribution in [-0.4, -0.2) is 59.5 Å². The van der Waals surface area contributed by atoms with Crippen LogP contribution in [-0.2, 0) is 0 Å². The molecule has 1 aromatic carbocycles. The fourth-order valence-electron chi connectivity index (χ4n) is 5.00. The van der Waals surface area contributed by atoms with Gasteiger partial charge in [0.1, 0.15) is 16.5 Å². The van der Waals surface area contributed by atoms with Crippen LogP contribution in [0, 0.1) is 13.8 Å². The van der Waals surface area contributed by atoms with Crippen molar-refractivity contribution in [2.45, 2.75) is 46.1 Å². The zero-order valence-electron chi connectivity index (χ0n) is 19.2. The summed E-state index contributed by atoms with van der Waals surface area (Å²) in [5.74, 6) is 1.93. The van der Waals surface area contributed by atoms with E-state index in [1.165, 1.54) is 36.3 Å². The largest absolute Gasteiger partial charge is 0.368 e. The quantitative estimate of drug-likeness (QED) is 0.583. The number of amides is 1. The minimum Gasteiger partial charge on any atom is -0.368 e. The second-order valence-corrected chi connectivity index (χ2v) is 9.98. The Balaban J connectivity index is 1.42. The molecule has 2 saturated heterocycles. The maximum atomic E-state index is 13.5. The molecule has 1 amide bonds. The van der Waals surface area contributed by atoms with Crippen molar-refractivity contribution in [2.24, 2.45) is 0 Å². The lowest BCUT2D eigenvalue weighted by Gasteiger charge is -2.36. The third kappa shape index (κ3) is 3.83. The van der Waals surface area contributed by atoms with Gasteiger partial charge in [-0.3, -0.25) is 4.79 Å². The van der Waals surface area contributed by atoms with Crippen LogP contribution < -0.4 is 9.80 Å². The Bertz CT molecular complexity index is 1120. The van der Waals surface area contributed by atoms with Crippen molar-refractivity contribution in [3.8, 4) is 0 Å². The molecule has 0 spiro atoms. The average molecular weight is 450 g/mol. The molecule has 5 rings (SSSR count). The predicted molar refractivity (Wildman–Crippen MR) is 132 cm³/mol. The van der Waals surface area contributed by atoms with Gasteiger partial charge in [-0.2, -0.15) is 0 Å². The molecule has 168 valence electrons. The van der Waals surface area contributed by atoms with E-state index in [9.17, 15) is 4.79 Å². The van der Waals surface area contributed by atoms with Crippen LogP contribution in [0.4, 0.5) is 11.5 Å². The summed E-state index contributed by atoms with van der Waals surface area (Å²) in [5.41, 5.74) is 2.26. The Morgan fingerprint density at radius 1 is 1.00 bits per heavy atom. The van der Waals surface area contributed by atoms with E-state index in [0.717, 1.165) is 65.0 Å². The highest BCUT2D eigenvalue weighted by molar-refractivity contribution is 7.20. The van der Waals surface area contributed by atoms with Gasteiger partial charge in [0.25, 0.3) is 5.91 Å². The lowest BCUT2D eigenvalue weighted by atomic mass is 10.0. The molecule has 0 saturated carbocycles. The Labute approximate surface area is 193 Å². The van der Waals surface area contributed by atoms with Gasteiger partial charge in [0.2, 0.25) is 0 Å². The first-order valence-electron chi connectivity index (χ1n) is 11.7. The number of hydrogen-bond acceptors (Lipinski definition) is 6.